The highest BCUT2D eigenvalue weighted by Gasteiger charge is 2.16. The Morgan fingerprint density at radius 3 is 2.48 bits per heavy atom. The molecule has 2 atom stereocenters. The zero-order valence-corrected chi connectivity index (χ0v) is 14.2. The number of benzene rings is 2. The predicted octanol–water partition coefficient (Wildman–Crippen LogP) is 3.09. The lowest BCUT2D eigenvalue weighted by Crippen LogP contribution is -2.34. The lowest BCUT2D eigenvalue weighted by atomic mass is 10.2. The van der Waals surface area contributed by atoms with Crippen LogP contribution in [0.25, 0.3) is 0 Å². The van der Waals surface area contributed by atoms with Crippen molar-refractivity contribution in [1.29, 1.82) is 0 Å². The van der Waals surface area contributed by atoms with Crippen LogP contribution in [0.5, 0.6) is 0 Å². The normalized spacial score (nSPS) is 13.4. The van der Waals surface area contributed by atoms with Gasteiger partial charge < -0.3 is 15.6 Å². The Morgan fingerprint density at radius 1 is 1.17 bits per heavy atom. The van der Waals surface area contributed by atoms with E-state index in [4.69, 9.17) is 5.73 Å². The summed E-state index contributed by atoms with van der Waals surface area (Å²) < 4.78 is 12.6. The number of anilines is 1. The molecule has 0 spiro atoms. The second kappa shape index (κ2) is 8.15. The van der Waals surface area contributed by atoms with Crippen molar-refractivity contribution in [3.63, 3.8) is 0 Å². The zero-order valence-electron chi connectivity index (χ0n) is 13.4. The van der Waals surface area contributed by atoms with E-state index >= 15 is 0 Å². The van der Waals surface area contributed by atoms with E-state index in [1.165, 1.54) is 5.56 Å². The molecule has 0 aliphatic carbocycles. The van der Waals surface area contributed by atoms with Gasteiger partial charge in [0.15, 0.2) is 9.79 Å². The Kier molecular flexibility index (Phi) is 6.21. The van der Waals surface area contributed by atoms with E-state index < -0.39 is 17.2 Å². The van der Waals surface area contributed by atoms with Crippen molar-refractivity contribution >= 4 is 22.8 Å². The van der Waals surface area contributed by atoms with Gasteiger partial charge in [0.1, 0.15) is 0 Å². The maximum atomic E-state index is 12.6. The van der Waals surface area contributed by atoms with E-state index in [-0.39, 0.29) is 5.91 Å². The van der Waals surface area contributed by atoms with E-state index in [9.17, 15) is 9.35 Å². The fraction of sp³-hybridized carbons (Fsp3) is 0.278. The maximum Gasteiger partial charge on any atom is 0.241 e. The Labute approximate surface area is 140 Å². The smallest absolute Gasteiger partial charge is 0.241 e. The number of nitrogens with one attached hydrogen (secondary N) is 1. The molecule has 0 heterocycles. The quantitative estimate of drug-likeness (QED) is 0.799. The number of nitrogens with two attached hydrogens (primary N) is 1. The predicted molar refractivity (Wildman–Crippen MR) is 93.8 cm³/mol. The number of carbonyl (C=O) groups is 1. The summed E-state index contributed by atoms with van der Waals surface area (Å²) in [5, 5.41) is 2.76. The van der Waals surface area contributed by atoms with Crippen LogP contribution in [0.15, 0.2) is 58.3 Å². The number of carbonyl (C=O) groups excluding carboxylic acids is 1. The maximum absolute atomic E-state index is 12.6. The summed E-state index contributed by atoms with van der Waals surface area (Å²) in [4.78, 5) is 13.2. The van der Waals surface area contributed by atoms with Crippen molar-refractivity contribution in [3.05, 3.63) is 54.1 Å². The molecule has 4 nitrogen and oxygen atoms in total. The van der Waals surface area contributed by atoms with Gasteiger partial charge >= 0.3 is 0 Å². The molecule has 122 valence electrons. The highest BCUT2D eigenvalue weighted by molar-refractivity contribution is 7.91. The minimum atomic E-state index is -1.28. The standard InChI is InChI=1S/C18H22N2O2S/c1-3-13-8-10-15(11-9-13)23(22)16-7-5-6-14(12-16)20-18(21)17(19)4-2/h5-12,17H,3-4,19H2,1-2H3,(H,20,21). The van der Waals surface area contributed by atoms with Gasteiger partial charge in [0.2, 0.25) is 5.91 Å². The number of rotatable bonds is 6. The molecule has 0 saturated carbocycles. The van der Waals surface area contributed by atoms with E-state index in [1.807, 2.05) is 31.2 Å². The first-order valence-electron chi connectivity index (χ1n) is 7.72. The highest BCUT2D eigenvalue weighted by Crippen LogP contribution is 2.23. The molecule has 2 aromatic carbocycles. The Balaban J connectivity index is 2.16. The lowest BCUT2D eigenvalue weighted by Gasteiger charge is -2.13. The molecule has 5 heteroatoms. The fourth-order valence-electron chi connectivity index (χ4n) is 2.09. The number of hydrogen-bond donors (Lipinski definition) is 2. The average Bonchev–Trinajstić information content (AvgIpc) is 2.60. The second-order valence-electron chi connectivity index (χ2n) is 5.30. The number of hydrogen-bond acceptors (Lipinski definition) is 3. The Morgan fingerprint density at radius 2 is 1.87 bits per heavy atom. The van der Waals surface area contributed by atoms with Crippen LogP contribution >= 0.6 is 0 Å². The summed E-state index contributed by atoms with van der Waals surface area (Å²) in [6.07, 6.45) is 1.52. The van der Waals surface area contributed by atoms with Gasteiger partial charge in [-0.2, -0.15) is 0 Å². The van der Waals surface area contributed by atoms with Gasteiger partial charge in [-0.15, -0.1) is 0 Å². The fourth-order valence-corrected chi connectivity index (χ4v) is 3.19. The van der Waals surface area contributed by atoms with Gasteiger partial charge in [0.25, 0.3) is 0 Å². The van der Waals surface area contributed by atoms with E-state index in [1.54, 1.807) is 24.3 Å². The Bertz CT molecular complexity index is 658. The van der Waals surface area contributed by atoms with Crippen LogP contribution in [0.4, 0.5) is 5.69 Å². The second-order valence-corrected chi connectivity index (χ2v) is 6.78. The molecule has 3 N–H and O–H groups in total. The zero-order chi connectivity index (χ0) is 16.8. The molecule has 23 heavy (non-hydrogen) atoms. The molecule has 0 aromatic heterocycles. The largest absolute Gasteiger partial charge is 0.606 e. The molecule has 2 rings (SSSR count). The third kappa shape index (κ3) is 4.58. The van der Waals surface area contributed by atoms with Crippen LogP contribution in [-0.4, -0.2) is 16.5 Å². The van der Waals surface area contributed by atoms with Gasteiger partial charge in [-0.05, 0) is 42.7 Å². The summed E-state index contributed by atoms with van der Waals surface area (Å²) >= 11 is -1.28. The van der Waals surface area contributed by atoms with Crippen LogP contribution in [0, 0.1) is 0 Å². The van der Waals surface area contributed by atoms with Crippen LogP contribution in [0.3, 0.4) is 0 Å². The van der Waals surface area contributed by atoms with Gasteiger partial charge in [-0.3, -0.25) is 4.79 Å². The first-order chi connectivity index (χ1) is 11.0. The molecule has 0 aliphatic heterocycles. The molecule has 0 bridgehead atoms. The van der Waals surface area contributed by atoms with Crippen molar-refractivity contribution in [2.75, 3.05) is 5.32 Å². The monoisotopic (exact) mass is 330 g/mol. The summed E-state index contributed by atoms with van der Waals surface area (Å²) in [7, 11) is 0. The van der Waals surface area contributed by atoms with Gasteiger partial charge in [-0.1, -0.05) is 32.0 Å². The van der Waals surface area contributed by atoms with Gasteiger partial charge in [0.05, 0.1) is 6.04 Å². The molecular formula is C18H22N2O2S. The topological polar surface area (TPSA) is 78.2 Å². The van der Waals surface area contributed by atoms with Crippen LogP contribution < -0.4 is 11.1 Å². The highest BCUT2D eigenvalue weighted by atomic mass is 32.2. The molecular weight excluding hydrogens is 308 g/mol. The SMILES string of the molecule is CCc1ccc([S+]([O-])c2cccc(NC(=O)C(N)CC)c2)cc1. The summed E-state index contributed by atoms with van der Waals surface area (Å²) in [6.45, 7) is 3.94. The van der Waals surface area contributed by atoms with E-state index in [0.29, 0.717) is 17.0 Å². The molecule has 2 unspecified atom stereocenters. The lowest BCUT2D eigenvalue weighted by molar-refractivity contribution is -0.117. The third-order valence-corrected chi connectivity index (χ3v) is 5.02. The molecule has 0 aliphatic rings. The average molecular weight is 330 g/mol. The molecule has 0 fully saturated rings. The molecule has 0 saturated heterocycles. The van der Waals surface area contributed by atoms with Gasteiger partial charge in [0, 0.05) is 22.9 Å². The van der Waals surface area contributed by atoms with E-state index in [0.717, 1.165) is 11.3 Å². The molecule has 2 aromatic rings. The van der Waals surface area contributed by atoms with E-state index in [2.05, 4.69) is 12.2 Å². The van der Waals surface area contributed by atoms with Gasteiger partial charge in [-0.25, -0.2) is 0 Å². The van der Waals surface area contributed by atoms with Crippen molar-refractivity contribution in [1.82, 2.24) is 0 Å². The molecule has 0 radical (unpaired) electrons. The molecule has 1 amide bonds. The van der Waals surface area contributed by atoms with Crippen molar-refractivity contribution < 1.29 is 9.35 Å². The van der Waals surface area contributed by atoms with Crippen LogP contribution in [-0.2, 0) is 22.4 Å². The summed E-state index contributed by atoms with van der Waals surface area (Å²) in [5.74, 6) is -0.234. The number of aryl methyl sites for hydroxylation is 1. The third-order valence-electron chi connectivity index (χ3n) is 3.64. The Hall–Kier alpha value is -1.82. The van der Waals surface area contributed by atoms with Crippen LogP contribution in [0.2, 0.25) is 0 Å². The number of amides is 1. The first-order valence-corrected chi connectivity index (χ1v) is 8.87. The van der Waals surface area contributed by atoms with Crippen molar-refractivity contribution in [2.45, 2.75) is 42.5 Å². The minimum Gasteiger partial charge on any atom is -0.606 e. The van der Waals surface area contributed by atoms with Crippen molar-refractivity contribution in [2.24, 2.45) is 5.73 Å². The summed E-state index contributed by atoms with van der Waals surface area (Å²) in [5.41, 5.74) is 7.52. The first kappa shape index (κ1) is 17.5. The minimum absolute atomic E-state index is 0.234. The van der Waals surface area contributed by atoms with Crippen molar-refractivity contribution in [3.8, 4) is 0 Å². The van der Waals surface area contributed by atoms with Crippen LogP contribution in [0.1, 0.15) is 25.8 Å². The summed E-state index contributed by atoms with van der Waals surface area (Å²) in [6, 6.07) is 14.3.